The summed E-state index contributed by atoms with van der Waals surface area (Å²) in [6.45, 7) is 15.0. The van der Waals surface area contributed by atoms with Gasteiger partial charge in [0, 0.05) is 26.2 Å². The number of fused-ring (bicyclic) bond motifs is 3. The Kier molecular flexibility index (Phi) is 3.32. The lowest BCUT2D eigenvalue weighted by molar-refractivity contribution is -0.0932. The zero-order chi connectivity index (χ0) is 21.5. The molecule has 0 aromatic carbocycles. The molecule has 7 fully saturated rings. The molecular formula is C10H24O12Si8. The van der Waals surface area contributed by atoms with E-state index in [9.17, 15) is 0 Å². The van der Waals surface area contributed by atoms with Crippen molar-refractivity contribution in [2.24, 2.45) is 0 Å². The molecule has 0 saturated carbocycles. The van der Waals surface area contributed by atoms with Crippen molar-refractivity contribution in [2.45, 2.75) is 62.4 Å². The van der Waals surface area contributed by atoms with Crippen LogP contribution < -0.4 is 0 Å². The van der Waals surface area contributed by atoms with E-state index in [1.54, 1.807) is 0 Å². The van der Waals surface area contributed by atoms with Gasteiger partial charge in [0.15, 0.2) is 0 Å². The molecular weight excluding hydrogens is 537 g/mol. The smallest absolute Gasteiger partial charge is 0.410 e. The van der Waals surface area contributed by atoms with E-state index in [1.807, 2.05) is 52.4 Å². The van der Waals surface area contributed by atoms with Gasteiger partial charge in [-0.3, -0.25) is 0 Å². The quantitative estimate of drug-likeness (QED) is 0.382. The molecule has 7 aliphatic rings. The van der Waals surface area contributed by atoms with Crippen LogP contribution in [0.4, 0.5) is 0 Å². The first kappa shape index (κ1) is 20.6. The minimum Gasteiger partial charge on any atom is -0.410 e. The third-order valence-corrected chi connectivity index (χ3v) is 46.3. The molecule has 10 unspecified atom stereocenters. The molecule has 7 heterocycles. The molecule has 30 heavy (non-hydrogen) atoms. The molecule has 7 bridgehead atoms. The van der Waals surface area contributed by atoms with Gasteiger partial charge < -0.3 is 50.6 Å². The van der Waals surface area contributed by atoms with Crippen LogP contribution in [0.2, 0.25) is 52.4 Å². The molecule has 168 valence electrons. The maximum atomic E-state index is 7.01. The van der Waals surface area contributed by atoms with Crippen molar-refractivity contribution < 1.29 is 50.6 Å². The van der Waals surface area contributed by atoms with Gasteiger partial charge in [0.25, 0.3) is 0 Å². The summed E-state index contributed by atoms with van der Waals surface area (Å²) < 4.78 is 80.1. The van der Waals surface area contributed by atoms with E-state index in [4.69, 9.17) is 50.6 Å². The van der Waals surface area contributed by atoms with E-state index in [2.05, 4.69) is 0 Å². The standard InChI is InChI=1S/C10H24O12Si8/c1-23-10-13-27(5)12-9(11-23)24(2)15-25(9,3)19-30(8,21-27)22-28(6,14-10)17-26(10,4)20-29(7,16-23)18-24/h1-8H3. The van der Waals surface area contributed by atoms with E-state index in [1.165, 1.54) is 0 Å². The second-order valence-corrected chi connectivity index (χ2v) is 35.1. The first-order valence-corrected chi connectivity index (χ1v) is 28.1. The van der Waals surface area contributed by atoms with Gasteiger partial charge in [-0.1, -0.05) is 0 Å². The third kappa shape index (κ3) is 1.96. The summed E-state index contributed by atoms with van der Waals surface area (Å²) in [4.78, 5) is 0. The van der Waals surface area contributed by atoms with Gasteiger partial charge >= 0.3 is 69.5 Å². The second-order valence-electron chi connectivity index (χ2n) is 9.69. The highest BCUT2D eigenvalue weighted by Crippen LogP contribution is 2.66. The highest BCUT2D eigenvalue weighted by Gasteiger charge is 2.99. The fourth-order valence-electron chi connectivity index (χ4n) is 6.30. The molecule has 7 saturated heterocycles. The van der Waals surface area contributed by atoms with Crippen LogP contribution >= 0.6 is 0 Å². The van der Waals surface area contributed by atoms with E-state index in [-0.39, 0.29) is 0 Å². The van der Waals surface area contributed by atoms with Crippen LogP contribution in [0.1, 0.15) is 0 Å². The first-order chi connectivity index (χ1) is 13.5. The molecule has 0 aromatic rings. The Bertz CT molecular complexity index is 931. The van der Waals surface area contributed by atoms with Gasteiger partial charge in [-0.15, -0.1) is 0 Å². The van der Waals surface area contributed by atoms with Crippen molar-refractivity contribution >= 4 is 69.5 Å². The number of rotatable bonds is 0. The van der Waals surface area contributed by atoms with Crippen LogP contribution in [0.25, 0.3) is 0 Å². The monoisotopic (exact) mass is 560 g/mol. The highest BCUT2D eigenvalue weighted by molar-refractivity contribution is 7.13. The molecule has 7 aliphatic heterocycles. The van der Waals surface area contributed by atoms with Crippen LogP contribution in [0, 0.1) is 0 Å². The van der Waals surface area contributed by atoms with Crippen LogP contribution in [0.5, 0.6) is 0 Å². The maximum absolute atomic E-state index is 7.01. The second kappa shape index (κ2) is 4.83. The van der Waals surface area contributed by atoms with Crippen molar-refractivity contribution in [3.05, 3.63) is 0 Å². The summed E-state index contributed by atoms with van der Waals surface area (Å²) in [6, 6.07) is 0. The number of hydrogen-bond donors (Lipinski definition) is 0. The molecule has 0 aromatic heterocycles. The van der Waals surface area contributed by atoms with E-state index in [0.717, 1.165) is 0 Å². The van der Waals surface area contributed by atoms with Gasteiger partial charge in [-0.2, -0.15) is 0 Å². The summed E-state index contributed by atoms with van der Waals surface area (Å²) in [5.41, 5.74) is 0. The Hall–Kier alpha value is 1.26. The lowest BCUT2D eigenvalue weighted by Crippen LogP contribution is -2.92. The SMILES string of the molecule is C[Si]12OC34O[Si]5(C)O[Si](C)(O1)O[Si]1(C)O[Si]6(C)O[Si](C)(O[Si]3(C)OC16O2)O[Si]4(C)O5. The fraction of sp³-hybridized carbons (Fsp3) is 1.00. The molecule has 0 radical (unpaired) electrons. The van der Waals surface area contributed by atoms with E-state index in [0.29, 0.717) is 0 Å². The van der Waals surface area contributed by atoms with Crippen molar-refractivity contribution in [3.63, 3.8) is 0 Å². The minimum absolute atomic E-state index is 1.23. The van der Waals surface area contributed by atoms with Gasteiger partial charge in [0.05, 0.1) is 0 Å². The van der Waals surface area contributed by atoms with Crippen molar-refractivity contribution in [2.75, 3.05) is 0 Å². The van der Waals surface area contributed by atoms with Gasteiger partial charge in [0.1, 0.15) is 0 Å². The normalized spacial score (nSPS) is 74.4. The van der Waals surface area contributed by atoms with Gasteiger partial charge in [0.2, 0.25) is 10.1 Å². The zero-order valence-electron chi connectivity index (χ0n) is 17.9. The predicted molar refractivity (Wildman–Crippen MR) is 111 cm³/mol. The van der Waals surface area contributed by atoms with Crippen LogP contribution in [-0.4, -0.2) is 79.5 Å². The number of hydrogen-bond acceptors (Lipinski definition) is 12. The average Bonchev–Trinajstić information content (AvgIpc) is 2.55. The Morgan fingerprint density at radius 1 is 0.333 bits per heavy atom. The van der Waals surface area contributed by atoms with Crippen LogP contribution in [0.3, 0.4) is 0 Å². The Balaban J connectivity index is 1.62. The molecule has 0 amide bonds. The third-order valence-electron chi connectivity index (χ3n) is 6.75. The van der Waals surface area contributed by atoms with Crippen molar-refractivity contribution in [3.8, 4) is 0 Å². The predicted octanol–water partition coefficient (Wildman–Crippen LogP) is 0.393. The topological polar surface area (TPSA) is 111 Å². The molecule has 20 heteroatoms. The Labute approximate surface area is 182 Å². The minimum atomic E-state index is -3.48. The Morgan fingerprint density at radius 3 is 1.30 bits per heavy atom. The van der Waals surface area contributed by atoms with Crippen LogP contribution in [0.15, 0.2) is 0 Å². The molecule has 7 rings (SSSR count). The lowest BCUT2D eigenvalue weighted by atomic mass is 11.4. The van der Waals surface area contributed by atoms with Gasteiger partial charge in [-0.25, -0.2) is 0 Å². The molecule has 10 atom stereocenters. The first-order valence-electron chi connectivity index (χ1n) is 9.90. The largest absolute Gasteiger partial charge is 0.494 e. The average molecular weight is 561 g/mol. The highest BCUT2D eigenvalue weighted by atomic mass is 28.6. The molecule has 2 spiro atoms. The Morgan fingerprint density at radius 2 is 0.700 bits per heavy atom. The van der Waals surface area contributed by atoms with Crippen molar-refractivity contribution in [1.82, 2.24) is 0 Å². The fourth-order valence-corrected chi connectivity index (χ4v) is 60.6. The summed E-state index contributed by atoms with van der Waals surface area (Å²) in [6.07, 6.45) is 0. The zero-order valence-corrected chi connectivity index (χ0v) is 25.9. The maximum Gasteiger partial charge on any atom is 0.494 e. The summed E-state index contributed by atoms with van der Waals surface area (Å²) in [7, 11) is -26.4. The van der Waals surface area contributed by atoms with E-state index >= 15 is 0 Å². The lowest BCUT2D eigenvalue weighted by Gasteiger charge is -2.61. The molecule has 12 nitrogen and oxygen atoms in total. The summed E-state index contributed by atoms with van der Waals surface area (Å²) in [5.74, 6) is 0. The summed E-state index contributed by atoms with van der Waals surface area (Å²) in [5, 5.41) is -2.59. The van der Waals surface area contributed by atoms with Crippen molar-refractivity contribution in [1.29, 1.82) is 0 Å². The van der Waals surface area contributed by atoms with E-state index < -0.39 is 79.5 Å². The summed E-state index contributed by atoms with van der Waals surface area (Å²) >= 11 is 0. The van der Waals surface area contributed by atoms with Gasteiger partial charge in [-0.05, 0) is 26.2 Å². The molecule has 0 N–H and O–H groups in total. The molecule has 0 aliphatic carbocycles. The van der Waals surface area contributed by atoms with Crippen LogP contribution in [-0.2, 0) is 50.6 Å².